The Hall–Kier alpha value is -1.68. The molecule has 1 heterocycles. The zero-order valence-corrected chi connectivity index (χ0v) is 10.3. The van der Waals surface area contributed by atoms with Crippen LogP contribution in [0.2, 0.25) is 0 Å². The molecule has 4 heteroatoms. The molecule has 2 rings (SSSR count). The van der Waals surface area contributed by atoms with Crippen LogP contribution in [-0.4, -0.2) is 30.1 Å². The predicted octanol–water partition coefficient (Wildman–Crippen LogP) is 1.72. The fourth-order valence-corrected chi connectivity index (χ4v) is 1.87. The van der Waals surface area contributed by atoms with Crippen molar-refractivity contribution in [1.29, 1.82) is 0 Å². The van der Waals surface area contributed by atoms with Gasteiger partial charge in [0.2, 0.25) is 0 Å². The maximum Gasteiger partial charge on any atom is 0.150 e. The van der Waals surface area contributed by atoms with Crippen molar-refractivity contribution in [3.05, 3.63) is 30.0 Å². The minimum atomic E-state index is 0.699. The molecule has 0 unspecified atom stereocenters. The molecule has 90 valence electrons. The third-order valence-electron chi connectivity index (χ3n) is 2.78. The first-order valence-electron chi connectivity index (χ1n) is 5.87. The van der Waals surface area contributed by atoms with Crippen molar-refractivity contribution in [1.82, 2.24) is 9.97 Å². The average molecular weight is 230 g/mol. The molecule has 0 aliphatic heterocycles. The third kappa shape index (κ3) is 2.53. The number of rotatable bonds is 4. The Kier molecular flexibility index (Phi) is 3.54. The van der Waals surface area contributed by atoms with Crippen LogP contribution in [-0.2, 0) is 0 Å². The Balaban J connectivity index is 2.36. The molecule has 0 radical (unpaired) electrons. The predicted molar refractivity (Wildman–Crippen MR) is 71.2 cm³/mol. The first kappa shape index (κ1) is 11.8. The summed E-state index contributed by atoms with van der Waals surface area (Å²) in [6.45, 7) is 3.60. The molecule has 0 spiro atoms. The largest absolute Gasteiger partial charge is 0.358 e. The minimum Gasteiger partial charge on any atom is -0.358 e. The highest BCUT2D eigenvalue weighted by Crippen LogP contribution is 2.18. The van der Waals surface area contributed by atoms with E-state index in [-0.39, 0.29) is 0 Å². The SMILES string of the molecule is Cc1nc2ccccc2nc1N(C)CCCN. The number of anilines is 1. The zero-order chi connectivity index (χ0) is 12.3. The van der Waals surface area contributed by atoms with Crippen molar-refractivity contribution in [2.75, 3.05) is 25.0 Å². The highest BCUT2D eigenvalue weighted by atomic mass is 15.2. The van der Waals surface area contributed by atoms with E-state index in [0.29, 0.717) is 6.54 Å². The molecule has 0 amide bonds. The van der Waals surface area contributed by atoms with Crippen LogP contribution in [0.4, 0.5) is 5.82 Å². The summed E-state index contributed by atoms with van der Waals surface area (Å²) in [5.41, 5.74) is 8.37. The summed E-state index contributed by atoms with van der Waals surface area (Å²) < 4.78 is 0. The van der Waals surface area contributed by atoms with Gasteiger partial charge in [-0.1, -0.05) is 12.1 Å². The summed E-state index contributed by atoms with van der Waals surface area (Å²) in [5, 5.41) is 0. The van der Waals surface area contributed by atoms with Crippen molar-refractivity contribution in [3.8, 4) is 0 Å². The highest BCUT2D eigenvalue weighted by molar-refractivity contribution is 5.76. The van der Waals surface area contributed by atoms with Gasteiger partial charge in [0.05, 0.1) is 16.7 Å². The van der Waals surface area contributed by atoms with Crippen LogP contribution in [0.1, 0.15) is 12.1 Å². The van der Waals surface area contributed by atoms with E-state index in [4.69, 9.17) is 5.73 Å². The number of hydrogen-bond acceptors (Lipinski definition) is 4. The fourth-order valence-electron chi connectivity index (χ4n) is 1.87. The molecule has 1 aromatic carbocycles. The van der Waals surface area contributed by atoms with E-state index in [1.54, 1.807) is 0 Å². The Morgan fingerprint density at radius 1 is 1.18 bits per heavy atom. The second-order valence-corrected chi connectivity index (χ2v) is 4.19. The van der Waals surface area contributed by atoms with Crippen molar-refractivity contribution < 1.29 is 0 Å². The molecule has 0 aliphatic carbocycles. The molecule has 2 aromatic rings. The molecule has 4 nitrogen and oxygen atoms in total. The van der Waals surface area contributed by atoms with Crippen molar-refractivity contribution in [3.63, 3.8) is 0 Å². The summed E-state index contributed by atoms with van der Waals surface area (Å²) >= 11 is 0. The number of aromatic nitrogens is 2. The molecule has 0 aliphatic rings. The Labute approximate surface area is 101 Å². The van der Waals surface area contributed by atoms with E-state index in [1.807, 2.05) is 38.2 Å². The van der Waals surface area contributed by atoms with Gasteiger partial charge in [-0.2, -0.15) is 0 Å². The molecular formula is C13H18N4. The number of aryl methyl sites for hydroxylation is 1. The lowest BCUT2D eigenvalue weighted by Gasteiger charge is -2.19. The van der Waals surface area contributed by atoms with Crippen LogP contribution in [0.5, 0.6) is 0 Å². The number of hydrogen-bond donors (Lipinski definition) is 1. The number of nitrogens with two attached hydrogens (primary N) is 1. The first-order valence-corrected chi connectivity index (χ1v) is 5.87. The maximum atomic E-state index is 5.52. The minimum absolute atomic E-state index is 0.699. The van der Waals surface area contributed by atoms with Crippen LogP contribution in [0.15, 0.2) is 24.3 Å². The Bertz CT molecular complexity index is 510. The van der Waals surface area contributed by atoms with Gasteiger partial charge < -0.3 is 10.6 Å². The van der Waals surface area contributed by atoms with E-state index < -0.39 is 0 Å². The van der Waals surface area contributed by atoms with Gasteiger partial charge in [-0.3, -0.25) is 0 Å². The van der Waals surface area contributed by atoms with E-state index in [2.05, 4.69) is 14.9 Å². The van der Waals surface area contributed by atoms with Gasteiger partial charge in [0, 0.05) is 13.6 Å². The summed E-state index contributed by atoms with van der Waals surface area (Å²) in [4.78, 5) is 11.3. The number of nitrogens with zero attached hydrogens (tertiary/aromatic N) is 3. The van der Waals surface area contributed by atoms with E-state index in [1.165, 1.54) is 0 Å². The molecule has 0 fully saturated rings. The summed E-state index contributed by atoms with van der Waals surface area (Å²) in [6.07, 6.45) is 0.963. The van der Waals surface area contributed by atoms with Crippen LogP contribution in [0, 0.1) is 6.92 Å². The normalized spacial score (nSPS) is 10.8. The third-order valence-corrected chi connectivity index (χ3v) is 2.78. The molecule has 1 aromatic heterocycles. The molecule has 0 atom stereocenters. The molecule has 0 saturated heterocycles. The van der Waals surface area contributed by atoms with Gasteiger partial charge >= 0.3 is 0 Å². The lowest BCUT2D eigenvalue weighted by Crippen LogP contribution is -2.23. The molecule has 0 saturated carbocycles. The van der Waals surface area contributed by atoms with Crippen molar-refractivity contribution in [2.45, 2.75) is 13.3 Å². The van der Waals surface area contributed by atoms with Gasteiger partial charge in [-0.05, 0) is 32.0 Å². The summed E-state index contributed by atoms with van der Waals surface area (Å²) in [6, 6.07) is 7.94. The van der Waals surface area contributed by atoms with E-state index in [0.717, 1.165) is 35.5 Å². The monoisotopic (exact) mass is 230 g/mol. The van der Waals surface area contributed by atoms with Crippen LogP contribution < -0.4 is 10.6 Å². The van der Waals surface area contributed by atoms with Gasteiger partial charge in [0.25, 0.3) is 0 Å². The second kappa shape index (κ2) is 5.10. The van der Waals surface area contributed by atoms with E-state index >= 15 is 0 Å². The number of para-hydroxylation sites is 2. The highest BCUT2D eigenvalue weighted by Gasteiger charge is 2.08. The standard InChI is InChI=1S/C13H18N4/c1-10-13(17(2)9-5-8-14)16-12-7-4-3-6-11(12)15-10/h3-4,6-7H,5,8-9,14H2,1-2H3. The van der Waals surface area contributed by atoms with E-state index in [9.17, 15) is 0 Å². The van der Waals surface area contributed by atoms with Gasteiger partial charge in [-0.25, -0.2) is 9.97 Å². The van der Waals surface area contributed by atoms with Crippen molar-refractivity contribution in [2.24, 2.45) is 5.73 Å². The number of benzene rings is 1. The van der Waals surface area contributed by atoms with Crippen LogP contribution in [0.25, 0.3) is 11.0 Å². The molecule has 17 heavy (non-hydrogen) atoms. The van der Waals surface area contributed by atoms with Crippen molar-refractivity contribution >= 4 is 16.9 Å². The maximum absolute atomic E-state index is 5.52. The van der Waals surface area contributed by atoms with Gasteiger partial charge in [0.1, 0.15) is 0 Å². The quantitative estimate of drug-likeness (QED) is 0.869. The molecule has 0 bridgehead atoms. The second-order valence-electron chi connectivity index (χ2n) is 4.19. The number of fused-ring (bicyclic) bond motifs is 1. The lowest BCUT2D eigenvalue weighted by atomic mass is 10.3. The summed E-state index contributed by atoms with van der Waals surface area (Å²) in [5.74, 6) is 0.942. The van der Waals surface area contributed by atoms with Crippen LogP contribution >= 0.6 is 0 Å². The molecule has 2 N–H and O–H groups in total. The van der Waals surface area contributed by atoms with Gasteiger partial charge in [0.15, 0.2) is 5.82 Å². The fraction of sp³-hybridized carbons (Fsp3) is 0.385. The molecular weight excluding hydrogens is 212 g/mol. The van der Waals surface area contributed by atoms with Gasteiger partial charge in [-0.15, -0.1) is 0 Å². The topological polar surface area (TPSA) is 55.0 Å². The average Bonchev–Trinajstić information content (AvgIpc) is 2.35. The Morgan fingerprint density at radius 2 is 1.82 bits per heavy atom. The van der Waals surface area contributed by atoms with Crippen LogP contribution in [0.3, 0.4) is 0 Å². The lowest BCUT2D eigenvalue weighted by molar-refractivity contribution is 0.783. The first-order chi connectivity index (χ1) is 8.22. The summed E-state index contributed by atoms with van der Waals surface area (Å²) in [7, 11) is 2.03. The smallest absolute Gasteiger partial charge is 0.150 e. The zero-order valence-electron chi connectivity index (χ0n) is 10.3. The Morgan fingerprint density at radius 3 is 2.47 bits per heavy atom.